The maximum Gasteiger partial charge on any atom is 0.343 e. The SMILES string of the molecule is CCOC(=O)c1c(Br)cc(CBr)cc1OC. The molecule has 1 rings (SSSR count). The number of rotatable bonds is 4. The summed E-state index contributed by atoms with van der Waals surface area (Å²) in [4.78, 5) is 11.7. The van der Waals surface area contributed by atoms with Crippen LogP contribution in [0.5, 0.6) is 5.75 Å². The summed E-state index contributed by atoms with van der Waals surface area (Å²) in [5, 5.41) is 0.699. The Morgan fingerprint density at radius 3 is 2.62 bits per heavy atom. The van der Waals surface area contributed by atoms with Crippen molar-refractivity contribution in [2.45, 2.75) is 12.3 Å². The fraction of sp³-hybridized carbons (Fsp3) is 0.364. The molecule has 0 saturated heterocycles. The zero-order valence-corrected chi connectivity index (χ0v) is 12.2. The van der Waals surface area contributed by atoms with Gasteiger partial charge in [0.1, 0.15) is 11.3 Å². The van der Waals surface area contributed by atoms with Gasteiger partial charge in [-0.05, 0) is 40.5 Å². The average molecular weight is 352 g/mol. The van der Waals surface area contributed by atoms with Crippen molar-refractivity contribution in [3.63, 3.8) is 0 Å². The van der Waals surface area contributed by atoms with Crippen LogP contribution in [0.2, 0.25) is 0 Å². The predicted molar refractivity (Wildman–Crippen MR) is 69.3 cm³/mol. The van der Waals surface area contributed by atoms with Gasteiger partial charge in [0.2, 0.25) is 0 Å². The summed E-state index contributed by atoms with van der Waals surface area (Å²) >= 11 is 6.70. The van der Waals surface area contributed by atoms with Crippen molar-refractivity contribution in [3.05, 3.63) is 27.7 Å². The van der Waals surface area contributed by atoms with Crippen LogP contribution in [0.15, 0.2) is 16.6 Å². The average Bonchev–Trinajstić information content (AvgIpc) is 2.27. The summed E-state index contributed by atoms with van der Waals surface area (Å²) in [6.45, 7) is 2.11. The molecule has 0 aliphatic heterocycles. The van der Waals surface area contributed by atoms with Gasteiger partial charge in [-0.15, -0.1) is 0 Å². The Labute approximate surface area is 111 Å². The molecule has 0 N–H and O–H groups in total. The molecule has 1 aromatic carbocycles. The summed E-state index contributed by atoms with van der Waals surface area (Å²) in [6, 6.07) is 3.68. The van der Waals surface area contributed by atoms with Crippen LogP contribution in [0.1, 0.15) is 22.8 Å². The fourth-order valence-corrected chi connectivity index (χ4v) is 2.25. The molecule has 0 fully saturated rings. The number of hydrogen-bond donors (Lipinski definition) is 0. The lowest BCUT2D eigenvalue weighted by molar-refractivity contribution is 0.0521. The second-order valence-corrected chi connectivity index (χ2v) is 4.42. The molecule has 0 spiro atoms. The number of carbonyl (C=O) groups is 1. The van der Waals surface area contributed by atoms with Crippen molar-refractivity contribution < 1.29 is 14.3 Å². The van der Waals surface area contributed by atoms with E-state index in [2.05, 4.69) is 31.9 Å². The van der Waals surface area contributed by atoms with E-state index in [0.717, 1.165) is 5.56 Å². The minimum atomic E-state index is -0.382. The predicted octanol–water partition coefficient (Wildman–Crippen LogP) is 3.53. The van der Waals surface area contributed by atoms with Crippen molar-refractivity contribution in [2.24, 2.45) is 0 Å². The van der Waals surface area contributed by atoms with E-state index in [9.17, 15) is 4.79 Å². The molecule has 0 saturated carbocycles. The van der Waals surface area contributed by atoms with Crippen LogP contribution in [0.4, 0.5) is 0 Å². The van der Waals surface area contributed by atoms with Gasteiger partial charge in [0.05, 0.1) is 13.7 Å². The van der Waals surface area contributed by atoms with E-state index in [1.165, 1.54) is 7.11 Å². The van der Waals surface area contributed by atoms with E-state index in [1.54, 1.807) is 6.92 Å². The molecule has 0 aliphatic rings. The molecule has 16 heavy (non-hydrogen) atoms. The van der Waals surface area contributed by atoms with Crippen molar-refractivity contribution in [3.8, 4) is 5.75 Å². The van der Waals surface area contributed by atoms with Gasteiger partial charge >= 0.3 is 5.97 Å². The molecule has 0 aliphatic carbocycles. The molecule has 0 heterocycles. The van der Waals surface area contributed by atoms with Crippen molar-refractivity contribution in [2.75, 3.05) is 13.7 Å². The van der Waals surface area contributed by atoms with E-state index in [0.29, 0.717) is 27.7 Å². The van der Waals surface area contributed by atoms with E-state index < -0.39 is 0 Å². The molecule has 0 bridgehead atoms. The van der Waals surface area contributed by atoms with E-state index >= 15 is 0 Å². The summed E-state index contributed by atoms with van der Waals surface area (Å²) in [5.74, 6) is 0.134. The maximum atomic E-state index is 11.7. The Kier molecular flexibility index (Phi) is 5.28. The summed E-state index contributed by atoms with van der Waals surface area (Å²) < 4.78 is 10.8. The molecule has 88 valence electrons. The van der Waals surface area contributed by atoms with Crippen LogP contribution < -0.4 is 4.74 Å². The number of methoxy groups -OCH3 is 1. The molecular weight excluding hydrogens is 340 g/mol. The van der Waals surface area contributed by atoms with Gasteiger partial charge in [-0.2, -0.15) is 0 Å². The standard InChI is InChI=1S/C11H12Br2O3/c1-3-16-11(14)10-8(13)4-7(6-12)5-9(10)15-2/h4-5H,3,6H2,1-2H3. The highest BCUT2D eigenvalue weighted by Gasteiger charge is 2.18. The molecule has 5 heteroatoms. The number of hydrogen-bond acceptors (Lipinski definition) is 3. The van der Waals surface area contributed by atoms with Crippen LogP contribution in [-0.2, 0) is 10.1 Å². The third-order valence-corrected chi connectivity index (χ3v) is 3.24. The first-order chi connectivity index (χ1) is 7.63. The topological polar surface area (TPSA) is 35.5 Å². The van der Waals surface area contributed by atoms with Gasteiger partial charge in [0.15, 0.2) is 0 Å². The lowest BCUT2D eigenvalue weighted by atomic mass is 10.1. The number of alkyl halides is 1. The second-order valence-electron chi connectivity index (χ2n) is 3.01. The molecule has 0 radical (unpaired) electrons. The van der Waals surface area contributed by atoms with Crippen LogP contribution in [0.3, 0.4) is 0 Å². The van der Waals surface area contributed by atoms with E-state index in [-0.39, 0.29) is 5.97 Å². The Hall–Kier alpha value is -0.550. The highest BCUT2D eigenvalue weighted by atomic mass is 79.9. The molecule has 1 aromatic rings. The van der Waals surface area contributed by atoms with E-state index in [1.807, 2.05) is 12.1 Å². The minimum Gasteiger partial charge on any atom is -0.496 e. The molecule has 0 atom stereocenters. The quantitative estimate of drug-likeness (QED) is 0.615. The van der Waals surface area contributed by atoms with Gasteiger partial charge in [0.25, 0.3) is 0 Å². The zero-order chi connectivity index (χ0) is 12.1. The van der Waals surface area contributed by atoms with Crippen molar-refractivity contribution in [1.82, 2.24) is 0 Å². The molecule has 0 aromatic heterocycles. The second kappa shape index (κ2) is 6.25. The highest BCUT2D eigenvalue weighted by molar-refractivity contribution is 9.10. The Morgan fingerprint density at radius 1 is 1.44 bits per heavy atom. The molecule has 0 amide bonds. The Morgan fingerprint density at radius 2 is 2.12 bits per heavy atom. The summed E-state index contributed by atoms with van der Waals surface area (Å²) in [5.41, 5.74) is 1.45. The lowest BCUT2D eigenvalue weighted by Gasteiger charge is -2.11. The molecule has 0 unspecified atom stereocenters. The first-order valence-corrected chi connectivity index (χ1v) is 6.65. The summed E-state index contributed by atoms with van der Waals surface area (Å²) in [6.07, 6.45) is 0. The lowest BCUT2D eigenvalue weighted by Crippen LogP contribution is -2.08. The molecule has 3 nitrogen and oxygen atoms in total. The van der Waals surface area contributed by atoms with Crippen LogP contribution >= 0.6 is 31.9 Å². The number of esters is 1. The van der Waals surface area contributed by atoms with Crippen LogP contribution in [0, 0.1) is 0 Å². The van der Waals surface area contributed by atoms with Crippen molar-refractivity contribution in [1.29, 1.82) is 0 Å². The Bertz CT molecular complexity index is 391. The van der Waals surface area contributed by atoms with Gasteiger partial charge in [-0.1, -0.05) is 15.9 Å². The van der Waals surface area contributed by atoms with E-state index in [4.69, 9.17) is 9.47 Å². The highest BCUT2D eigenvalue weighted by Crippen LogP contribution is 2.30. The van der Waals surface area contributed by atoms with Gasteiger partial charge in [-0.3, -0.25) is 0 Å². The van der Waals surface area contributed by atoms with Gasteiger partial charge in [0, 0.05) is 9.80 Å². The molecular formula is C11H12Br2O3. The number of benzene rings is 1. The number of ether oxygens (including phenoxy) is 2. The van der Waals surface area contributed by atoms with Gasteiger partial charge in [-0.25, -0.2) is 4.79 Å². The fourth-order valence-electron chi connectivity index (χ4n) is 1.27. The number of halogens is 2. The maximum absolute atomic E-state index is 11.7. The minimum absolute atomic E-state index is 0.342. The smallest absolute Gasteiger partial charge is 0.343 e. The number of carbonyl (C=O) groups excluding carboxylic acids is 1. The van der Waals surface area contributed by atoms with Crippen LogP contribution in [-0.4, -0.2) is 19.7 Å². The van der Waals surface area contributed by atoms with Crippen LogP contribution in [0.25, 0.3) is 0 Å². The Balaban J connectivity index is 3.21. The third kappa shape index (κ3) is 2.98. The third-order valence-electron chi connectivity index (χ3n) is 1.97. The normalized spacial score (nSPS) is 10.0. The van der Waals surface area contributed by atoms with Gasteiger partial charge < -0.3 is 9.47 Å². The monoisotopic (exact) mass is 350 g/mol. The van der Waals surface area contributed by atoms with Crippen molar-refractivity contribution >= 4 is 37.8 Å². The summed E-state index contributed by atoms with van der Waals surface area (Å²) in [7, 11) is 1.53. The largest absolute Gasteiger partial charge is 0.496 e. The first-order valence-electron chi connectivity index (χ1n) is 4.73. The first kappa shape index (κ1) is 13.5. The zero-order valence-electron chi connectivity index (χ0n) is 9.05.